The van der Waals surface area contributed by atoms with Crippen molar-refractivity contribution in [1.29, 1.82) is 0 Å². The third kappa shape index (κ3) is 2.24. The van der Waals surface area contributed by atoms with Gasteiger partial charge in [-0.15, -0.1) is 0 Å². The highest BCUT2D eigenvalue weighted by Crippen LogP contribution is 2.19. The number of nitrogens with zero attached hydrogens (tertiary/aromatic N) is 5. The minimum absolute atomic E-state index is 0.313. The second-order valence-electron chi connectivity index (χ2n) is 5.12. The molecule has 0 aliphatic carbocycles. The van der Waals surface area contributed by atoms with Crippen molar-refractivity contribution in [2.45, 2.75) is 26.4 Å². The first-order valence-electron chi connectivity index (χ1n) is 6.69. The van der Waals surface area contributed by atoms with E-state index in [9.17, 15) is 0 Å². The van der Waals surface area contributed by atoms with E-state index in [2.05, 4.69) is 40.4 Å². The summed E-state index contributed by atoms with van der Waals surface area (Å²) in [7, 11) is 1.94. The standard InChI is InChI=1S/C14H18N6/c1-10(2)20-14-11(7-18-20)6-12(8-16-14)15-9-13-4-5-17-19(13)3/h4-8,10,15H,9H2,1-3H3. The number of anilines is 1. The molecule has 3 aromatic heterocycles. The summed E-state index contributed by atoms with van der Waals surface area (Å²) in [6.45, 7) is 4.92. The van der Waals surface area contributed by atoms with Crippen molar-refractivity contribution in [2.24, 2.45) is 7.05 Å². The molecule has 20 heavy (non-hydrogen) atoms. The molecule has 3 heterocycles. The largest absolute Gasteiger partial charge is 0.378 e. The monoisotopic (exact) mass is 270 g/mol. The molecule has 0 unspecified atom stereocenters. The molecule has 0 radical (unpaired) electrons. The summed E-state index contributed by atoms with van der Waals surface area (Å²) in [5.41, 5.74) is 3.04. The minimum Gasteiger partial charge on any atom is -0.378 e. The lowest BCUT2D eigenvalue weighted by Crippen LogP contribution is -2.06. The fourth-order valence-electron chi connectivity index (χ4n) is 2.18. The Morgan fingerprint density at radius 3 is 2.80 bits per heavy atom. The van der Waals surface area contributed by atoms with E-state index in [4.69, 9.17) is 0 Å². The molecule has 1 N–H and O–H groups in total. The zero-order valence-electron chi connectivity index (χ0n) is 11.9. The zero-order valence-corrected chi connectivity index (χ0v) is 11.9. The fraction of sp³-hybridized carbons (Fsp3) is 0.357. The first-order chi connectivity index (χ1) is 9.65. The SMILES string of the molecule is CC(C)n1ncc2cc(NCc3ccnn3C)cnc21. The number of pyridine rings is 1. The molecule has 0 saturated carbocycles. The molecule has 0 atom stereocenters. The van der Waals surface area contributed by atoms with Gasteiger partial charge in [-0.3, -0.25) is 4.68 Å². The Kier molecular flexibility index (Phi) is 3.14. The zero-order chi connectivity index (χ0) is 14.1. The van der Waals surface area contributed by atoms with Crippen LogP contribution in [-0.4, -0.2) is 24.5 Å². The van der Waals surface area contributed by atoms with E-state index in [0.29, 0.717) is 6.04 Å². The molecule has 0 fully saturated rings. The van der Waals surface area contributed by atoms with Gasteiger partial charge in [-0.2, -0.15) is 10.2 Å². The van der Waals surface area contributed by atoms with E-state index in [1.54, 1.807) is 6.20 Å². The lowest BCUT2D eigenvalue weighted by atomic mass is 10.3. The number of rotatable bonds is 4. The van der Waals surface area contributed by atoms with Crippen LogP contribution in [0.5, 0.6) is 0 Å². The van der Waals surface area contributed by atoms with Gasteiger partial charge in [-0.25, -0.2) is 9.67 Å². The summed E-state index contributed by atoms with van der Waals surface area (Å²) in [6, 6.07) is 4.38. The van der Waals surface area contributed by atoms with Crippen LogP contribution < -0.4 is 5.32 Å². The lowest BCUT2D eigenvalue weighted by molar-refractivity contribution is 0.546. The highest BCUT2D eigenvalue weighted by atomic mass is 15.3. The molecule has 6 heteroatoms. The average Bonchev–Trinajstić information content (AvgIpc) is 3.02. The van der Waals surface area contributed by atoms with Crippen molar-refractivity contribution in [2.75, 3.05) is 5.32 Å². The van der Waals surface area contributed by atoms with Crippen LogP contribution in [0.4, 0.5) is 5.69 Å². The highest BCUT2D eigenvalue weighted by Gasteiger charge is 2.07. The van der Waals surface area contributed by atoms with Gasteiger partial charge in [0.25, 0.3) is 0 Å². The smallest absolute Gasteiger partial charge is 0.158 e. The molecule has 104 valence electrons. The van der Waals surface area contributed by atoms with E-state index in [0.717, 1.165) is 29.0 Å². The van der Waals surface area contributed by atoms with Crippen LogP contribution in [0.2, 0.25) is 0 Å². The summed E-state index contributed by atoms with van der Waals surface area (Å²) >= 11 is 0. The summed E-state index contributed by atoms with van der Waals surface area (Å²) in [6.07, 6.45) is 5.50. The van der Waals surface area contributed by atoms with Gasteiger partial charge >= 0.3 is 0 Å². The van der Waals surface area contributed by atoms with Crippen molar-refractivity contribution in [1.82, 2.24) is 24.5 Å². The molecular formula is C14H18N6. The topological polar surface area (TPSA) is 60.6 Å². The van der Waals surface area contributed by atoms with Crippen molar-refractivity contribution in [3.8, 4) is 0 Å². The molecule has 0 amide bonds. The molecule has 0 aromatic carbocycles. The summed E-state index contributed by atoms with van der Waals surface area (Å²) in [4.78, 5) is 4.50. The summed E-state index contributed by atoms with van der Waals surface area (Å²) in [5.74, 6) is 0. The number of hydrogen-bond donors (Lipinski definition) is 1. The molecule has 0 bridgehead atoms. The first kappa shape index (κ1) is 12.7. The van der Waals surface area contributed by atoms with Gasteiger partial charge < -0.3 is 5.32 Å². The van der Waals surface area contributed by atoms with Crippen molar-refractivity contribution in [3.05, 3.63) is 36.4 Å². The van der Waals surface area contributed by atoms with Gasteiger partial charge in [0.05, 0.1) is 30.3 Å². The van der Waals surface area contributed by atoms with Crippen LogP contribution in [0.15, 0.2) is 30.7 Å². The van der Waals surface area contributed by atoms with Crippen LogP contribution in [-0.2, 0) is 13.6 Å². The van der Waals surface area contributed by atoms with Gasteiger partial charge in [0, 0.05) is 24.7 Å². The van der Waals surface area contributed by atoms with E-state index in [1.165, 1.54) is 0 Å². The van der Waals surface area contributed by atoms with Crippen molar-refractivity contribution < 1.29 is 0 Å². The van der Waals surface area contributed by atoms with E-state index >= 15 is 0 Å². The van der Waals surface area contributed by atoms with E-state index < -0.39 is 0 Å². The van der Waals surface area contributed by atoms with Crippen LogP contribution in [0.25, 0.3) is 11.0 Å². The fourth-order valence-corrected chi connectivity index (χ4v) is 2.18. The Hall–Kier alpha value is -2.37. The summed E-state index contributed by atoms with van der Waals surface area (Å²) < 4.78 is 3.79. The second kappa shape index (κ2) is 4.96. The Bertz CT molecular complexity index is 724. The Labute approximate surface area is 117 Å². The van der Waals surface area contributed by atoms with Crippen LogP contribution in [0.1, 0.15) is 25.6 Å². The normalized spacial score (nSPS) is 11.4. The van der Waals surface area contributed by atoms with Gasteiger partial charge in [0.15, 0.2) is 5.65 Å². The third-order valence-electron chi connectivity index (χ3n) is 3.32. The molecule has 6 nitrogen and oxygen atoms in total. The van der Waals surface area contributed by atoms with Gasteiger partial charge in [0.1, 0.15) is 0 Å². The number of hydrogen-bond acceptors (Lipinski definition) is 4. The van der Waals surface area contributed by atoms with E-state index in [1.807, 2.05) is 34.9 Å². The Morgan fingerprint density at radius 2 is 2.10 bits per heavy atom. The Balaban J connectivity index is 1.81. The minimum atomic E-state index is 0.313. The van der Waals surface area contributed by atoms with Crippen LogP contribution in [0, 0.1) is 0 Å². The maximum absolute atomic E-state index is 4.50. The maximum atomic E-state index is 4.50. The van der Waals surface area contributed by atoms with Gasteiger partial charge in [0.2, 0.25) is 0 Å². The molecule has 0 aliphatic heterocycles. The second-order valence-corrected chi connectivity index (χ2v) is 5.12. The number of aromatic nitrogens is 5. The van der Waals surface area contributed by atoms with Crippen LogP contribution >= 0.6 is 0 Å². The molecule has 0 aliphatic rings. The average molecular weight is 270 g/mol. The third-order valence-corrected chi connectivity index (χ3v) is 3.32. The lowest BCUT2D eigenvalue weighted by Gasteiger charge is -2.08. The van der Waals surface area contributed by atoms with Crippen LogP contribution in [0.3, 0.4) is 0 Å². The molecular weight excluding hydrogens is 252 g/mol. The van der Waals surface area contributed by atoms with Gasteiger partial charge in [-0.05, 0) is 26.0 Å². The molecule has 3 rings (SSSR count). The van der Waals surface area contributed by atoms with Crippen molar-refractivity contribution >= 4 is 16.7 Å². The first-order valence-corrected chi connectivity index (χ1v) is 6.69. The Morgan fingerprint density at radius 1 is 1.25 bits per heavy atom. The highest BCUT2D eigenvalue weighted by molar-refractivity contribution is 5.78. The predicted octanol–water partition coefficient (Wildman–Crippen LogP) is 2.36. The number of fused-ring (bicyclic) bond motifs is 1. The van der Waals surface area contributed by atoms with Gasteiger partial charge in [-0.1, -0.05) is 0 Å². The molecule has 0 saturated heterocycles. The number of nitrogens with one attached hydrogen (secondary N) is 1. The predicted molar refractivity (Wildman–Crippen MR) is 78.4 cm³/mol. The number of aryl methyl sites for hydroxylation is 1. The molecule has 3 aromatic rings. The van der Waals surface area contributed by atoms with E-state index in [-0.39, 0.29) is 0 Å². The molecule has 0 spiro atoms. The summed E-state index contributed by atoms with van der Waals surface area (Å²) in [5, 5.41) is 12.9. The quantitative estimate of drug-likeness (QED) is 0.790. The maximum Gasteiger partial charge on any atom is 0.158 e. The van der Waals surface area contributed by atoms with Crippen molar-refractivity contribution in [3.63, 3.8) is 0 Å².